The number of carbonyl (C=O) groups is 1. The van der Waals surface area contributed by atoms with Crippen molar-refractivity contribution in [1.82, 2.24) is 10.2 Å². The highest BCUT2D eigenvalue weighted by molar-refractivity contribution is 5.68. The average Bonchev–Trinajstić information content (AvgIpc) is 2.66. The number of nitrogens with zero attached hydrogens (tertiary/aromatic N) is 1. The van der Waals surface area contributed by atoms with Gasteiger partial charge in [0.1, 0.15) is 5.60 Å². The Morgan fingerprint density at radius 1 is 1.18 bits per heavy atom. The summed E-state index contributed by atoms with van der Waals surface area (Å²) in [6.45, 7) is 10.0. The van der Waals surface area contributed by atoms with Gasteiger partial charge in [-0.15, -0.1) is 0 Å². The molecule has 1 rings (SSSR count). The van der Waals surface area contributed by atoms with E-state index in [1.54, 1.807) is 7.11 Å². The van der Waals surface area contributed by atoms with Crippen LogP contribution in [0.4, 0.5) is 4.79 Å². The highest BCUT2D eigenvalue weighted by atomic mass is 16.6. The van der Waals surface area contributed by atoms with Crippen LogP contribution in [0, 0.1) is 0 Å². The maximum Gasteiger partial charge on any atom is 0.410 e. The van der Waals surface area contributed by atoms with Crippen molar-refractivity contribution in [2.24, 2.45) is 0 Å². The van der Waals surface area contributed by atoms with Gasteiger partial charge < -0.3 is 24.4 Å². The molecule has 22 heavy (non-hydrogen) atoms. The van der Waals surface area contributed by atoms with E-state index in [0.717, 1.165) is 38.9 Å². The molecule has 0 saturated carbocycles. The van der Waals surface area contributed by atoms with Crippen molar-refractivity contribution in [3.8, 4) is 0 Å². The molecule has 0 aromatic carbocycles. The fourth-order valence-electron chi connectivity index (χ4n) is 2.39. The largest absolute Gasteiger partial charge is 0.444 e. The Morgan fingerprint density at radius 2 is 1.95 bits per heavy atom. The Labute approximate surface area is 134 Å². The topological polar surface area (TPSA) is 60.0 Å². The molecule has 0 bridgehead atoms. The lowest BCUT2D eigenvalue weighted by Gasteiger charge is -2.26. The van der Waals surface area contributed by atoms with Crippen molar-refractivity contribution in [2.75, 3.05) is 46.6 Å². The van der Waals surface area contributed by atoms with Crippen LogP contribution in [0.1, 0.15) is 40.0 Å². The summed E-state index contributed by atoms with van der Waals surface area (Å²) in [6.07, 6.45) is 2.84. The third-order valence-electron chi connectivity index (χ3n) is 3.49. The summed E-state index contributed by atoms with van der Waals surface area (Å²) in [4.78, 5) is 13.9. The van der Waals surface area contributed by atoms with Crippen LogP contribution in [0.2, 0.25) is 0 Å². The summed E-state index contributed by atoms with van der Waals surface area (Å²) in [5.41, 5.74) is -0.430. The van der Waals surface area contributed by atoms with Gasteiger partial charge in [-0.05, 0) is 40.0 Å². The molecule has 0 radical (unpaired) electrons. The van der Waals surface area contributed by atoms with Gasteiger partial charge in [-0.3, -0.25) is 0 Å². The van der Waals surface area contributed by atoms with Crippen LogP contribution >= 0.6 is 0 Å². The second-order valence-corrected chi connectivity index (χ2v) is 6.65. The number of likely N-dealkylation sites (tertiary alicyclic amines) is 1. The highest BCUT2D eigenvalue weighted by Crippen LogP contribution is 2.15. The maximum absolute atomic E-state index is 12.1. The molecule has 1 atom stereocenters. The Morgan fingerprint density at radius 3 is 2.64 bits per heavy atom. The average molecular weight is 316 g/mol. The number of ether oxygens (including phenoxy) is 3. The summed E-state index contributed by atoms with van der Waals surface area (Å²) in [5.74, 6) is 0. The second kappa shape index (κ2) is 10.0. The van der Waals surface area contributed by atoms with E-state index in [1.165, 1.54) is 0 Å². The van der Waals surface area contributed by atoms with Gasteiger partial charge in [-0.1, -0.05) is 0 Å². The quantitative estimate of drug-likeness (QED) is 0.728. The first-order valence-corrected chi connectivity index (χ1v) is 8.20. The molecule has 130 valence electrons. The number of hydrogen-bond donors (Lipinski definition) is 1. The molecule has 1 fully saturated rings. The summed E-state index contributed by atoms with van der Waals surface area (Å²) in [5, 5.41) is 3.50. The molecule has 1 N–H and O–H groups in total. The Hall–Kier alpha value is -0.850. The van der Waals surface area contributed by atoms with Gasteiger partial charge in [0.25, 0.3) is 0 Å². The molecule has 0 aromatic heterocycles. The number of carbonyl (C=O) groups excluding carboxylic acids is 1. The van der Waals surface area contributed by atoms with Gasteiger partial charge in [0.2, 0.25) is 0 Å². The minimum Gasteiger partial charge on any atom is -0.444 e. The van der Waals surface area contributed by atoms with Crippen LogP contribution in [-0.4, -0.2) is 69.2 Å². The van der Waals surface area contributed by atoms with E-state index in [-0.39, 0.29) is 6.09 Å². The Kier molecular flexibility index (Phi) is 8.75. The normalized spacial score (nSPS) is 19.8. The molecule has 0 spiro atoms. The van der Waals surface area contributed by atoms with Crippen LogP contribution in [0.15, 0.2) is 0 Å². The molecular formula is C16H32N2O4. The van der Waals surface area contributed by atoms with E-state index in [2.05, 4.69) is 5.32 Å². The number of nitrogens with one attached hydrogen (secondary N) is 1. The predicted octanol–water partition coefficient (Wildman–Crippen LogP) is 2.03. The second-order valence-electron chi connectivity index (χ2n) is 6.65. The molecule has 1 aliphatic heterocycles. The van der Waals surface area contributed by atoms with Crippen molar-refractivity contribution >= 4 is 6.09 Å². The number of methoxy groups -OCH3 is 1. The first-order chi connectivity index (χ1) is 10.4. The first kappa shape index (κ1) is 19.2. The van der Waals surface area contributed by atoms with E-state index in [1.807, 2.05) is 25.7 Å². The van der Waals surface area contributed by atoms with Gasteiger partial charge >= 0.3 is 6.09 Å². The van der Waals surface area contributed by atoms with E-state index >= 15 is 0 Å². The van der Waals surface area contributed by atoms with Gasteiger partial charge in [0, 0.05) is 32.8 Å². The summed E-state index contributed by atoms with van der Waals surface area (Å²) >= 11 is 0. The number of rotatable bonds is 7. The van der Waals surface area contributed by atoms with Gasteiger partial charge in [-0.25, -0.2) is 4.79 Å². The van der Waals surface area contributed by atoms with Crippen molar-refractivity contribution in [1.29, 1.82) is 0 Å². The smallest absolute Gasteiger partial charge is 0.410 e. The fourth-order valence-corrected chi connectivity index (χ4v) is 2.39. The van der Waals surface area contributed by atoms with Crippen LogP contribution in [0.25, 0.3) is 0 Å². The fraction of sp³-hybridized carbons (Fsp3) is 0.938. The lowest BCUT2D eigenvalue weighted by molar-refractivity contribution is 0.0255. The van der Waals surface area contributed by atoms with Gasteiger partial charge in [0.15, 0.2) is 0 Å². The molecule has 1 saturated heterocycles. The molecule has 1 heterocycles. The maximum atomic E-state index is 12.1. The van der Waals surface area contributed by atoms with Crippen LogP contribution < -0.4 is 5.32 Å². The molecular weight excluding hydrogens is 284 g/mol. The zero-order valence-corrected chi connectivity index (χ0v) is 14.5. The molecule has 1 amide bonds. The lowest BCUT2D eigenvalue weighted by atomic mass is 10.1. The van der Waals surface area contributed by atoms with Crippen molar-refractivity contribution in [3.05, 3.63) is 0 Å². The third kappa shape index (κ3) is 8.56. The van der Waals surface area contributed by atoms with Crippen LogP contribution in [-0.2, 0) is 14.2 Å². The van der Waals surface area contributed by atoms with Gasteiger partial charge in [0.05, 0.1) is 19.8 Å². The zero-order valence-electron chi connectivity index (χ0n) is 14.5. The zero-order chi connectivity index (χ0) is 16.4. The lowest BCUT2D eigenvalue weighted by Crippen LogP contribution is -2.38. The molecule has 0 aromatic rings. The third-order valence-corrected chi connectivity index (χ3v) is 3.49. The van der Waals surface area contributed by atoms with Crippen molar-refractivity contribution < 1.29 is 19.0 Å². The predicted molar refractivity (Wildman–Crippen MR) is 86.1 cm³/mol. The minimum absolute atomic E-state index is 0.198. The minimum atomic E-state index is -0.430. The van der Waals surface area contributed by atoms with Gasteiger partial charge in [-0.2, -0.15) is 0 Å². The SMILES string of the molecule is COCCOCCNC1CCCN(C(=O)OC(C)(C)C)CC1. The number of hydrogen-bond acceptors (Lipinski definition) is 5. The standard InChI is InChI=1S/C16H32N2O4/c1-16(2,3)22-15(19)18-9-5-6-14(7-10-18)17-8-11-21-13-12-20-4/h14,17H,5-13H2,1-4H3. The number of amides is 1. The van der Waals surface area contributed by atoms with Crippen LogP contribution in [0.3, 0.4) is 0 Å². The molecule has 1 unspecified atom stereocenters. The monoisotopic (exact) mass is 316 g/mol. The summed E-state index contributed by atoms with van der Waals surface area (Å²) in [7, 11) is 1.67. The van der Waals surface area contributed by atoms with E-state index in [4.69, 9.17) is 14.2 Å². The molecule has 1 aliphatic rings. The van der Waals surface area contributed by atoms with Crippen molar-refractivity contribution in [3.63, 3.8) is 0 Å². The summed E-state index contributed by atoms with van der Waals surface area (Å²) < 4.78 is 15.8. The summed E-state index contributed by atoms with van der Waals surface area (Å²) in [6, 6.07) is 0.443. The molecule has 6 nitrogen and oxygen atoms in total. The first-order valence-electron chi connectivity index (χ1n) is 8.20. The van der Waals surface area contributed by atoms with Crippen molar-refractivity contribution in [2.45, 2.75) is 51.7 Å². The van der Waals surface area contributed by atoms with Crippen LogP contribution in [0.5, 0.6) is 0 Å². The Bertz CT molecular complexity index is 318. The van der Waals surface area contributed by atoms with E-state index in [9.17, 15) is 4.79 Å². The molecule has 6 heteroatoms. The Balaban J connectivity index is 2.20. The van der Waals surface area contributed by atoms with E-state index in [0.29, 0.717) is 25.9 Å². The van der Waals surface area contributed by atoms with E-state index < -0.39 is 5.60 Å². The molecule has 0 aliphatic carbocycles. The highest BCUT2D eigenvalue weighted by Gasteiger charge is 2.24.